The number of rotatable bonds is 1. The van der Waals surface area contributed by atoms with Crippen LogP contribution >= 0.6 is 0 Å². The summed E-state index contributed by atoms with van der Waals surface area (Å²) >= 11 is 0. The van der Waals surface area contributed by atoms with Crippen molar-refractivity contribution in [2.24, 2.45) is 0 Å². The molecule has 0 atom stereocenters. The van der Waals surface area contributed by atoms with Crippen LogP contribution in [0.3, 0.4) is 0 Å². The van der Waals surface area contributed by atoms with Crippen molar-refractivity contribution in [3.63, 3.8) is 0 Å². The molecular weight excluding hydrogens is 63.0 g/mol. The van der Waals surface area contributed by atoms with Crippen LogP contribution in [0, 0.1) is 0 Å². The van der Waals surface area contributed by atoms with E-state index < -0.39 is 0 Å². The predicted molar refractivity (Wildman–Crippen MR) is 8.26 cm³/mol. The quantitative estimate of drug-likeness (QED) is 0.402. The summed E-state index contributed by atoms with van der Waals surface area (Å²) in [6, 6.07) is 0. The van der Waals surface area contributed by atoms with Gasteiger partial charge in [-0.05, 0) is 0 Å². The van der Waals surface area contributed by atoms with E-state index in [1.54, 1.807) is 0 Å². The number of carbonyl (C=O) groups excluding carboxylic acids is 1. The average molecular weight is 64.0 g/mol. The Morgan fingerprint density at radius 1 is 2.00 bits per heavy atom. The van der Waals surface area contributed by atoms with Gasteiger partial charge in [-0.1, -0.05) is 0 Å². The molecule has 0 rings (SSSR count). The smallest absolute Gasteiger partial charge is 0.258 e. The Morgan fingerprint density at radius 3 is 2.25 bits per heavy atom. The lowest BCUT2D eigenvalue weighted by Gasteiger charge is -1.56. The molecule has 0 saturated carbocycles. The van der Waals surface area contributed by atoms with Gasteiger partial charge in [0.2, 0.25) is 0 Å². The first-order valence-corrected chi connectivity index (χ1v) is 0.626. The molecule has 0 aromatic heterocycles. The largest absolute Gasteiger partial charge is 0.337 e. The molecule has 0 amide bonds. The van der Waals surface area contributed by atoms with Gasteiger partial charge in [-0.3, -0.25) is 9.74 Å². The van der Waals surface area contributed by atoms with Crippen molar-refractivity contribution in [2.45, 2.75) is 0 Å². The summed E-state index contributed by atoms with van der Waals surface area (Å²) in [5, 5.41) is 0. The van der Waals surface area contributed by atoms with E-state index >= 15 is 0 Å². The van der Waals surface area contributed by atoms with Gasteiger partial charge in [-0.25, -0.2) is 0 Å². The fraction of sp³-hybridized carbons (Fsp3) is 0. The Kier molecular flexibility index (Phi) is 2.04. The molecule has 0 radical (unpaired) electrons. The van der Waals surface area contributed by atoms with Gasteiger partial charge in [0.1, 0.15) is 0 Å². The highest BCUT2D eigenvalue weighted by atomic mass is 19.3. The zero-order chi connectivity index (χ0) is 3.41. The van der Waals surface area contributed by atoms with Crippen LogP contribution in [-0.2, 0) is 9.74 Å². The Morgan fingerprint density at radius 2 is 2.25 bits per heavy atom. The lowest BCUT2D eigenvalue weighted by Crippen LogP contribution is -1.59. The molecule has 0 saturated heterocycles. The first-order valence-electron chi connectivity index (χ1n) is 0.626. The van der Waals surface area contributed by atoms with Crippen molar-refractivity contribution in [3.05, 3.63) is 0 Å². The fourth-order valence-corrected chi connectivity index (χ4v) is 0. The second-order valence-corrected chi connectivity index (χ2v) is 0.185. The first-order chi connectivity index (χ1) is 1.91. The summed E-state index contributed by atoms with van der Waals surface area (Å²) in [6.45, 7) is -0.292. The minimum Gasteiger partial charge on any atom is -0.258 e. The van der Waals surface area contributed by atoms with Gasteiger partial charge in [0.25, 0.3) is 0 Å². The van der Waals surface area contributed by atoms with Crippen molar-refractivity contribution in [1.29, 1.82) is 0 Å². The van der Waals surface area contributed by atoms with E-state index in [2.05, 4.69) is 4.94 Å². The average Bonchev–Trinajstić information content (AvgIpc) is 1.37. The van der Waals surface area contributed by atoms with Crippen molar-refractivity contribution in [1.82, 2.24) is 0 Å². The minimum absolute atomic E-state index is 0.292. The highest BCUT2D eigenvalue weighted by molar-refractivity contribution is 5.35. The third-order valence-electron chi connectivity index (χ3n) is 0.0364. The molecule has 0 fully saturated rings. The maximum atomic E-state index is 9.85. The molecule has 0 aliphatic rings. The van der Waals surface area contributed by atoms with Crippen molar-refractivity contribution >= 4 is 6.47 Å². The van der Waals surface area contributed by atoms with E-state index in [4.69, 9.17) is 4.79 Å². The summed E-state index contributed by atoms with van der Waals surface area (Å²) in [4.78, 5) is 10.9. The highest BCUT2D eigenvalue weighted by Crippen LogP contribution is 1.52. The van der Waals surface area contributed by atoms with Gasteiger partial charge < -0.3 is 0 Å². The molecule has 0 N–H and O–H groups in total. The van der Waals surface area contributed by atoms with Gasteiger partial charge in [0.15, 0.2) is 0 Å². The molecule has 0 aliphatic heterocycles. The maximum absolute atomic E-state index is 9.85. The van der Waals surface area contributed by atoms with Crippen LogP contribution in [0.1, 0.15) is 0 Å². The normalized spacial score (nSPS) is 5.25. The summed E-state index contributed by atoms with van der Waals surface area (Å²) in [7, 11) is 0. The number of halogens is 1. The van der Waals surface area contributed by atoms with Gasteiger partial charge in [0, 0.05) is 4.53 Å². The Labute approximate surface area is 22.1 Å². The lowest BCUT2D eigenvalue weighted by molar-refractivity contribution is -0.165. The minimum atomic E-state index is -0.292. The molecule has 0 aliphatic carbocycles. The highest BCUT2D eigenvalue weighted by Gasteiger charge is 1.52. The third kappa shape index (κ3) is 1.40. The van der Waals surface area contributed by atoms with E-state index in [1.165, 1.54) is 0 Å². The van der Waals surface area contributed by atoms with E-state index in [0.717, 1.165) is 0 Å². The maximum Gasteiger partial charge on any atom is 0.337 e. The number of hydrogen-bond donors (Lipinski definition) is 0. The second kappa shape index (κ2) is 2.40. The number of carbonyl (C=O) groups is 1. The van der Waals surface area contributed by atoms with Crippen molar-refractivity contribution in [2.75, 3.05) is 0 Å². The lowest BCUT2D eigenvalue weighted by atomic mass is 11.7. The SMILES string of the molecule is O=COF. The van der Waals surface area contributed by atoms with Crippen molar-refractivity contribution < 1.29 is 14.3 Å². The van der Waals surface area contributed by atoms with Crippen molar-refractivity contribution in [3.8, 4) is 0 Å². The van der Waals surface area contributed by atoms with E-state index in [9.17, 15) is 4.53 Å². The zero-order valence-electron chi connectivity index (χ0n) is 1.77. The fourth-order valence-electron chi connectivity index (χ4n) is 0. The third-order valence-corrected chi connectivity index (χ3v) is 0.0364. The zero-order valence-corrected chi connectivity index (χ0v) is 1.77. The molecule has 0 aromatic rings. The van der Waals surface area contributed by atoms with Gasteiger partial charge >= 0.3 is 6.47 Å². The monoisotopic (exact) mass is 64.0 g/mol. The molecule has 3 heteroatoms. The topological polar surface area (TPSA) is 26.3 Å². The second-order valence-electron chi connectivity index (χ2n) is 0.185. The molecule has 0 heterocycles. The molecule has 0 spiro atoms. The molecule has 4 heavy (non-hydrogen) atoms. The van der Waals surface area contributed by atoms with Crippen LogP contribution in [0.4, 0.5) is 4.53 Å². The summed E-state index contributed by atoms with van der Waals surface area (Å²) in [5.74, 6) is 0. The van der Waals surface area contributed by atoms with Crippen LogP contribution < -0.4 is 0 Å². The summed E-state index contributed by atoms with van der Waals surface area (Å²) < 4.78 is 9.85. The van der Waals surface area contributed by atoms with Gasteiger partial charge in [0.05, 0.1) is 0 Å². The standard InChI is InChI=1S/CHFO2/c2-4-1-3/h1H. The summed E-state index contributed by atoms with van der Waals surface area (Å²) in [5.41, 5.74) is 0. The van der Waals surface area contributed by atoms with E-state index in [0.29, 0.717) is 0 Å². The Hall–Kier alpha value is -0.600. The Balaban J connectivity index is 2.30. The molecule has 0 bridgehead atoms. The molecular formula is CHFO2. The summed E-state index contributed by atoms with van der Waals surface area (Å²) in [6.07, 6.45) is 0. The molecule has 0 aromatic carbocycles. The van der Waals surface area contributed by atoms with Crippen LogP contribution in [0.5, 0.6) is 0 Å². The first kappa shape index (κ1) is 3.40. The molecule has 2 nitrogen and oxygen atoms in total. The number of hydrogen-bond acceptors (Lipinski definition) is 2. The Bertz CT molecular complexity index is 20.0. The van der Waals surface area contributed by atoms with Gasteiger partial charge in [-0.2, -0.15) is 0 Å². The van der Waals surface area contributed by atoms with Gasteiger partial charge in [-0.15, -0.1) is 0 Å². The molecule has 0 unspecified atom stereocenters. The van der Waals surface area contributed by atoms with Crippen LogP contribution in [0.25, 0.3) is 0 Å². The van der Waals surface area contributed by atoms with Crippen LogP contribution in [-0.4, -0.2) is 6.47 Å². The van der Waals surface area contributed by atoms with E-state index in [1.807, 2.05) is 0 Å². The van der Waals surface area contributed by atoms with Crippen LogP contribution in [0.15, 0.2) is 0 Å². The van der Waals surface area contributed by atoms with E-state index in [-0.39, 0.29) is 6.47 Å². The molecule has 24 valence electrons. The predicted octanol–water partition coefficient (Wildman–Crippen LogP) is 0.0439. The van der Waals surface area contributed by atoms with Crippen LogP contribution in [0.2, 0.25) is 0 Å².